The van der Waals surface area contributed by atoms with E-state index in [0.717, 1.165) is 12.1 Å². The average Bonchev–Trinajstić information content (AvgIpc) is 3.15. The summed E-state index contributed by atoms with van der Waals surface area (Å²) in [7, 11) is 3.67. The number of aromatic hydroxyl groups is 1. The molecular weight excluding hydrogens is 646 g/mol. The third-order valence-electron chi connectivity index (χ3n) is 10.0. The molecule has 3 aliphatic rings. The molecule has 11 nitrogen and oxygen atoms in total. The average molecular weight is 689 g/mol. The minimum atomic E-state index is -0.443. The number of carbonyl (C=O) groups excluding carboxylic acids is 4. The predicted molar refractivity (Wildman–Crippen MR) is 197 cm³/mol. The van der Waals surface area contributed by atoms with Gasteiger partial charge in [0.05, 0.1) is 42.6 Å². The number of rotatable bonds is 10. The highest BCUT2D eigenvalue weighted by molar-refractivity contribution is 6.33. The highest BCUT2D eigenvalue weighted by Crippen LogP contribution is 2.48. The Balaban J connectivity index is 1.51. The number of ether oxygens (including phenoxy) is 1. The summed E-state index contributed by atoms with van der Waals surface area (Å²) in [5.41, 5.74) is 7.46. The molecule has 0 spiro atoms. The lowest BCUT2D eigenvalue weighted by Crippen LogP contribution is -2.55. The standard InChI is InChI=1S/C40H41N5O6/c1-5-17-44(43-18-21-51-22-19-43)30-23-29(41-3)33-35(40(50)27-14-10-8-12-25(27)38(33)48)36(30)45(4,20-6-2)42-28-15-16-31(46)34-32(28)37(47)24-11-7-9-13-26(24)39(34)49/h7-16,23H,5-6,17-22H2,1-4H3,(H2-,41,42,46,47,48,49,50)/p+1. The Hall–Kier alpha value is -5.36. The smallest absolute Gasteiger partial charge is 0.200 e. The molecule has 2 aliphatic carbocycles. The van der Waals surface area contributed by atoms with Crippen LogP contribution in [-0.2, 0) is 4.74 Å². The molecule has 1 heterocycles. The number of nitrogens with zero attached hydrogens (tertiary/aromatic N) is 3. The van der Waals surface area contributed by atoms with Crippen LogP contribution in [0.15, 0.2) is 66.7 Å². The maximum atomic E-state index is 14.9. The van der Waals surface area contributed by atoms with Gasteiger partial charge in [-0.15, -0.1) is 0 Å². The number of hydrazine groups is 1. The van der Waals surface area contributed by atoms with Crippen molar-refractivity contribution in [1.29, 1.82) is 0 Å². The van der Waals surface area contributed by atoms with E-state index in [2.05, 4.69) is 27.7 Å². The Kier molecular flexibility index (Phi) is 8.96. The summed E-state index contributed by atoms with van der Waals surface area (Å²) in [4.78, 5) is 57.2. The van der Waals surface area contributed by atoms with Gasteiger partial charge in [0.2, 0.25) is 5.78 Å². The van der Waals surface area contributed by atoms with E-state index in [4.69, 9.17) is 4.74 Å². The molecule has 7 rings (SSSR count). The minimum Gasteiger partial charge on any atom is -0.507 e. The zero-order chi connectivity index (χ0) is 36.0. The van der Waals surface area contributed by atoms with Gasteiger partial charge in [0, 0.05) is 54.6 Å². The van der Waals surface area contributed by atoms with Crippen molar-refractivity contribution in [3.8, 4) is 5.75 Å². The molecule has 0 saturated carbocycles. The molecule has 3 N–H and O–H groups in total. The Morgan fingerprint density at radius 3 is 1.80 bits per heavy atom. The molecular formula is C40H42N5O6+. The topological polar surface area (TPSA) is 128 Å². The first-order valence-electron chi connectivity index (χ1n) is 17.5. The van der Waals surface area contributed by atoms with Crippen LogP contribution in [0.25, 0.3) is 0 Å². The monoisotopic (exact) mass is 688 g/mol. The highest BCUT2D eigenvalue weighted by Gasteiger charge is 2.45. The number of hydrogen-bond acceptors (Lipinski definition) is 10. The van der Waals surface area contributed by atoms with Gasteiger partial charge in [0.25, 0.3) is 0 Å². The fourth-order valence-corrected chi connectivity index (χ4v) is 7.81. The normalized spacial score (nSPS) is 16.5. The summed E-state index contributed by atoms with van der Waals surface area (Å²) < 4.78 is 5.61. The van der Waals surface area contributed by atoms with Crippen LogP contribution >= 0.6 is 0 Å². The van der Waals surface area contributed by atoms with Crippen LogP contribution in [0.5, 0.6) is 5.75 Å². The lowest BCUT2D eigenvalue weighted by Gasteiger charge is -2.44. The van der Waals surface area contributed by atoms with Crippen molar-refractivity contribution >= 4 is 45.9 Å². The molecule has 0 amide bonds. The largest absolute Gasteiger partial charge is 0.507 e. The summed E-state index contributed by atoms with van der Waals surface area (Å²) in [5, 5.41) is 18.6. The molecule has 11 heteroatoms. The quantitative estimate of drug-likeness (QED) is 0.0920. The Morgan fingerprint density at radius 2 is 1.27 bits per heavy atom. The van der Waals surface area contributed by atoms with Gasteiger partial charge in [-0.3, -0.25) is 24.2 Å². The molecule has 1 saturated heterocycles. The lowest BCUT2D eigenvalue weighted by atomic mass is 9.81. The number of anilines is 3. The second-order valence-electron chi connectivity index (χ2n) is 13.3. The maximum absolute atomic E-state index is 14.9. The molecule has 0 aromatic heterocycles. The minimum absolute atomic E-state index is 0.0627. The molecule has 4 aromatic rings. The Morgan fingerprint density at radius 1 is 0.745 bits per heavy atom. The van der Waals surface area contributed by atoms with Gasteiger partial charge < -0.3 is 15.2 Å². The molecule has 1 fully saturated rings. The number of nitrogens with one attached hydrogen (secondary N) is 2. The van der Waals surface area contributed by atoms with Crippen LogP contribution in [0.4, 0.5) is 22.7 Å². The summed E-state index contributed by atoms with van der Waals surface area (Å²) in [6.07, 6.45) is 1.44. The Labute approximate surface area is 297 Å². The van der Waals surface area contributed by atoms with Gasteiger partial charge in [-0.1, -0.05) is 62.4 Å². The summed E-state index contributed by atoms with van der Waals surface area (Å²) in [6, 6.07) is 18.5. The first kappa shape index (κ1) is 34.1. The number of carbonyl (C=O) groups is 4. The fourth-order valence-electron chi connectivity index (χ4n) is 7.81. The van der Waals surface area contributed by atoms with Crippen LogP contribution in [0, 0.1) is 0 Å². The van der Waals surface area contributed by atoms with E-state index in [-0.39, 0.29) is 55.3 Å². The lowest BCUT2D eigenvalue weighted by molar-refractivity contribution is 0.0315. The van der Waals surface area contributed by atoms with Crippen molar-refractivity contribution in [3.05, 3.63) is 111 Å². The van der Waals surface area contributed by atoms with Crippen LogP contribution in [0.2, 0.25) is 0 Å². The summed E-state index contributed by atoms with van der Waals surface area (Å²) in [5.74, 6) is -1.66. The van der Waals surface area contributed by atoms with E-state index >= 15 is 0 Å². The number of phenolic OH excluding ortho intramolecular Hbond substituents is 1. The van der Waals surface area contributed by atoms with Gasteiger partial charge >= 0.3 is 0 Å². The second kappa shape index (κ2) is 13.4. The van der Waals surface area contributed by atoms with Crippen molar-refractivity contribution in [2.24, 2.45) is 0 Å². The summed E-state index contributed by atoms with van der Waals surface area (Å²) >= 11 is 0. The molecule has 1 atom stereocenters. The van der Waals surface area contributed by atoms with E-state index < -0.39 is 11.6 Å². The van der Waals surface area contributed by atoms with E-state index in [1.807, 2.05) is 20.0 Å². The SMILES string of the molecule is CCCN(c1cc(NC)c2c(c1[N+](C)(CCC)Nc1ccc(O)c3c1C(=O)c1ccccc1C3=O)C(=O)c1ccccc1C2=O)N1CCOCC1. The van der Waals surface area contributed by atoms with E-state index in [1.54, 1.807) is 61.6 Å². The first-order chi connectivity index (χ1) is 24.6. The van der Waals surface area contributed by atoms with Gasteiger partial charge in [0.15, 0.2) is 23.0 Å². The number of ketones is 4. The van der Waals surface area contributed by atoms with Crippen molar-refractivity contribution in [3.63, 3.8) is 0 Å². The van der Waals surface area contributed by atoms with Crippen molar-refractivity contribution in [1.82, 2.24) is 9.60 Å². The molecule has 262 valence electrons. The van der Waals surface area contributed by atoms with Crippen LogP contribution in [0.3, 0.4) is 0 Å². The molecule has 1 unspecified atom stereocenters. The third kappa shape index (κ3) is 5.49. The number of fused-ring (bicyclic) bond motifs is 4. The molecule has 51 heavy (non-hydrogen) atoms. The molecule has 1 aliphatic heterocycles. The van der Waals surface area contributed by atoms with Crippen LogP contribution < -0.4 is 20.3 Å². The summed E-state index contributed by atoms with van der Waals surface area (Å²) in [6.45, 7) is 7.52. The predicted octanol–water partition coefficient (Wildman–Crippen LogP) is 5.82. The fraction of sp³-hybridized carbons (Fsp3) is 0.300. The number of benzene rings is 4. The molecule has 4 aromatic carbocycles. The third-order valence-corrected chi connectivity index (χ3v) is 10.0. The highest BCUT2D eigenvalue weighted by atomic mass is 16.5. The zero-order valence-electron chi connectivity index (χ0n) is 29.3. The van der Waals surface area contributed by atoms with Crippen molar-refractivity contribution in [2.45, 2.75) is 26.7 Å². The van der Waals surface area contributed by atoms with Gasteiger partial charge in [-0.25, -0.2) is 10.4 Å². The van der Waals surface area contributed by atoms with Gasteiger partial charge in [-0.2, -0.15) is 4.59 Å². The van der Waals surface area contributed by atoms with E-state index in [1.165, 1.54) is 6.07 Å². The maximum Gasteiger partial charge on any atom is 0.200 e. The van der Waals surface area contributed by atoms with E-state index in [0.29, 0.717) is 74.0 Å². The number of hydrogen-bond donors (Lipinski definition) is 3. The molecule has 0 bridgehead atoms. The number of morpholine rings is 1. The Bertz CT molecular complexity index is 2110. The van der Waals surface area contributed by atoms with Crippen molar-refractivity contribution in [2.75, 3.05) is 69.2 Å². The second-order valence-corrected chi connectivity index (χ2v) is 13.3. The number of phenols is 1. The van der Waals surface area contributed by atoms with Gasteiger partial charge in [-0.05, 0) is 31.0 Å². The first-order valence-corrected chi connectivity index (χ1v) is 17.5. The van der Waals surface area contributed by atoms with Gasteiger partial charge in [0.1, 0.15) is 23.5 Å². The number of quaternary nitrogens is 1. The van der Waals surface area contributed by atoms with Crippen molar-refractivity contribution < 1.29 is 29.0 Å². The van der Waals surface area contributed by atoms with Crippen LogP contribution in [-0.4, -0.2) is 86.7 Å². The zero-order valence-corrected chi connectivity index (χ0v) is 29.3. The molecule has 0 radical (unpaired) electrons. The van der Waals surface area contributed by atoms with E-state index in [9.17, 15) is 24.3 Å². The van der Waals surface area contributed by atoms with Crippen LogP contribution in [0.1, 0.15) is 90.4 Å².